The molecule has 0 amide bonds. The standard InChI is InChI=1S/C11H10ClF2N3/c1-3-17(2)10-7-4-6(13)5-8(14)9(7)15-11(12)16-10/h4-5H,3H2,1-2H3. The SMILES string of the molecule is CCN(C)c1nc(Cl)nc2c(F)cc(F)cc12. The Morgan fingerprint density at radius 3 is 2.65 bits per heavy atom. The summed E-state index contributed by atoms with van der Waals surface area (Å²) in [4.78, 5) is 9.53. The third kappa shape index (κ3) is 2.15. The Balaban J connectivity index is 2.82. The molecule has 0 aliphatic heterocycles. The largest absolute Gasteiger partial charge is 0.359 e. The molecule has 0 N–H and O–H groups in total. The molecule has 6 heteroatoms. The van der Waals surface area contributed by atoms with Crippen molar-refractivity contribution in [2.45, 2.75) is 6.92 Å². The van der Waals surface area contributed by atoms with Gasteiger partial charge in [-0.1, -0.05) is 0 Å². The summed E-state index contributed by atoms with van der Waals surface area (Å²) in [6.45, 7) is 2.54. The number of rotatable bonds is 2. The molecule has 0 aliphatic carbocycles. The highest BCUT2D eigenvalue weighted by molar-refractivity contribution is 6.28. The van der Waals surface area contributed by atoms with Gasteiger partial charge in [0.15, 0.2) is 5.82 Å². The van der Waals surface area contributed by atoms with Crippen LogP contribution in [0.2, 0.25) is 5.28 Å². The monoisotopic (exact) mass is 257 g/mol. The molecule has 0 bridgehead atoms. The van der Waals surface area contributed by atoms with E-state index in [4.69, 9.17) is 11.6 Å². The summed E-state index contributed by atoms with van der Waals surface area (Å²) in [6.07, 6.45) is 0. The number of nitrogens with zero attached hydrogens (tertiary/aromatic N) is 3. The average molecular weight is 258 g/mol. The van der Waals surface area contributed by atoms with Gasteiger partial charge in [-0.15, -0.1) is 0 Å². The number of hydrogen-bond acceptors (Lipinski definition) is 3. The molecule has 0 saturated heterocycles. The minimum Gasteiger partial charge on any atom is -0.359 e. The zero-order valence-electron chi connectivity index (χ0n) is 9.34. The predicted molar refractivity (Wildman–Crippen MR) is 63.4 cm³/mol. The molecule has 0 aliphatic rings. The van der Waals surface area contributed by atoms with Crippen molar-refractivity contribution in [2.24, 2.45) is 0 Å². The van der Waals surface area contributed by atoms with Gasteiger partial charge < -0.3 is 4.90 Å². The molecule has 3 nitrogen and oxygen atoms in total. The zero-order chi connectivity index (χ0) is 12.6. The van der Waals surface area contributed by atoms with Crippen molar-refractivity contribution >= 4 is 28.3 Å². The second-order valence-electron chi connectivity index (χ2n) is 3.61. The van der Waals surface area contributed by atoms with Crippen LogP contribution in [0, 0.1) is 11.6 Å². The number of hydrogen-bond donors (Lipinski definition) is 0. The lowest BCUT2D eigenvalue weighted by molar-refractivity contribution is 0.590. The third-order valence-corrected chi connectivity index (χ3v) is 2.68. The molecule has 1 heterocycles. The molecule has 2 aromatic rings. The number of halogens is 3. The van der Waals surface area contributed by atoms with Gasteiger partial charge in [-0.05, 0) is 24.6 Å². The molecule has 0 radical (unpaired) electrons. The Morgan fingerprint density at radius 1 is 1.29 bits per heavy atom. The summed E-state index contributed by atoms with van der Waals surface area (Å²) in [5, 5.41) is 0.259. The molecule has 1 aromatic carbocycles. The van der Waals surface area contributed by atoms with Gasteiger partial charge in [-0.3, -0.25) is 0 Å². The van der Waals surface area contributed by atoms with Crippen LogP contribution in [0.1, 0.15) is 6.92 Å². The summed E-state index contributed by atoms with van der Waals surface area (Å²) in [7, 11) is 1.76. The maximum absolute atomic E-state index is 13.6. The van der Waals surface area contributed by atoms with E-state index < -0.39 is 11.6 Å². The van der Waals surface area contributed by atoms with E-state index in [1.54, 1.807) is 11.9 Å². The molecule has 90 valence electrons. The van der Waals surface area contributed by atoms with E-state index >= 15 is 0 Å². The van der Waals surface area contributed by atoms with E-state index in [-0.39, 0.29) is 10.8 Å². The van der Waals surface area contributed by atoms with Crippen LogP contribution in [0.25, 0.3) is 10.9 Å². The van der Waals surface area contributed by atoms with Crippen LogP contribution in [0.5, 0.6) is 0 Å². The first-order valence-corrected chi connectivity index (χ1v) is 5.44. The zero-order valence-corrected chi connectivity index (χ0v) is 10.1. The average Bonchev–Trinajstić information content (AvgIpc) is 2.28. The van der Waals surface area contributed by atoms with E-state index in [1.165, 1.54) is 6.07 Å². The van der Waals surface area contributed by atoms with Gasteiger partial charge in [-0.25, -0.2) is 13.8 Å². The quantitative estimate of drug-likeness (QED) is 0.775. The molecular weight excluding hydrogens is 248 g/mol. The molecule has 0 atom stereocenters. The second-order valence-corrected chi connectivity index (χ2v) is 3.95. The molecule has 0 fully saturated rings. The third-order valence-electron chi connectivity index (χ3n) is 2.51. The van der Waals surface area contributed by atoms with Crippen LogP contribution in [-0.4, -0.2) is 23.6 Å². The van der Waals surface area contributed by atoms with Crippen molar-refractivity contribution in [3.8, 4) is 0 Å². The second kappa shape index (κ2) is 4.41. The van der Waals surface area contributed by atoms with Gasteiger partial charge in [0.05, 0.1) is 0 Å². The fourth-order valence-corrected chi connectivity index (χ4v) is 1.72. The maximum atomic E-state index is 13.6. The molecule has 0 spiro atoms. The van der Waals surface area contributed by atoms with Crippen molar-refractivity contribution in [3.05, 3.63) is 29.1 Å². The van der Waals surface area contributed by atoms with Gasteiger partial charge >= 0.3 is 0 Å². The van der Waals surface area contributed by atoms with Crippen molar-refractivity contribution in [3.63, 3.8) is 0 Å². The topological polar surface area (TPSA) is 29.0 Å². The van der Waals surface area contributed by atoms with Gasteiger partial charge in [0.2, 0.25) is 5.28 Å². The minimum absolute atomic E-state index is 0.0294. The van der Waals surface area contributed by atoms with Crippen LogP contribution < -0.4 is 4.90 Å². The first-order chi connectivity index (χ1) is 8.02. The summed E-state index contributed by atoms with van der Waals surface area (Å²) >= 11 is 5.73. The number of anilines is 1. The fraction of sp³-hybridized carbons (Fsp3) is 0.273. The lowest BCUT2D eigenvalue weighted by Crippen LogP contribution is -2.18. The molecule has 0 saturated carbocycles. The molecule has 17 heavy (non-hydrogen) atoms. The van der Waals surface area contributed by atoms with Gasteiger partial charge in [-0.2, -0.15) is 4.98 Å². The molecule has 0 unspecified atom stereocenters. The van der Waals surface area contributed by atoms with Crippen molar-refractivity contribution in [1.29, 1.82) is 0 Å². The van der Waals surface area contributed by atoms with Gasteiger partial charge in [0, 0.05) is 25.0 Å². The first kappa shape index (κ1) is 12.0. The maximum Gasteiger partial charge on any atom is 0.225 e. The highest BCUT2D eigenvalue weighted by Gasteiger charge is 2.14. The highest BCUT2D eigenvalue weighted by atomic mass is 35.5. The Labute approximate surface area is 102 Å². The first-order valence-electron chi connectivity index (χ1n) is 5.06. The normalized spacial score (nSPS) is 10.9. The Hall–Kier alpha value is -1.49. The van der Waals surface area contributed by atoms with Crippen LogP contribution in [0.4, 0.5) is 14.6 Å². The van der Waals surface area contributed by atoms with Gasteiger partial charge in [0.25, 0.3) is 0 Å². The Bertz CT molecular complexity index is 574. The summed E-state index contributed by atoms with van der Waals surface area (Å²) in [5.74, 6) is -0.984. The predicted octanol–water partition coefficient (Wildman–Crippen LogP) is 3.02. The Kier molecular flexibility index (Phi) is 3.11. The van der Waals surface area contributed by atoms with Gasteiger partial charge in [0.1, 0.15) is 17.2 Å². The fourth-order valence-electron chi connectivity index (χ4n) is 1.56. The van der Waals surface area contributed by atoms with Crippen LogP contribution >= 0.6 is 11.6 Å². The summed E-state index contributed by atoms with van der Waals surface area (Å²) in [5.41, 5.74) is 0.0294. The van der Waals surface area contributed by atoms with Crippen LogP contribution in [0.15, 0.2) is 12.1 Å². The van der Waals surface area contributed by atoms with E-state index in [1.807, 2.05) is 6.92 Å². The molecular formula is C11H10ClF2N3. The lowest BCUT2D eigenvalue weighted by atomic mass is 10.2. The summed E-state index contributed by atoms with van der Waals surface area (Å²) < 4.78 is 26.8. The van der Waals surface area contributed by atoms with E-state index in [9.17, 15) is 8.78 Å². The molecule has 2 rings (SSSR count). The molecule has 1 aromatic heterocycles. The minimum atomic E-state index is -0.741. The van der Waals surface area contributed by atoms with Crippen LogP contribution in [-0.2, 0) is 0 Å². The number of aromatic nitrogens is 2. The van der Waals surface area contributed by atoms with Crippen molar-refractivity contribution in [1.82, 2.24) is 9.97 Å². The smallest absolute Gasteiger partial charge is 0.225 e. The lowest BCUT2D eigenvalue weighted by Gasteiger charge is -2.17. The number of fused-ring (bicyclic) bond motifs is 1. The van der Waals surface area contributed by atoms with E-state index in [0.29, 0.717) is 17.7 Å². The summed E-state index contributed by atoms with van der Waals surface area (Å²) in [6, 6.07) is 1.98. The van der Waals surface area contributed by atoms with Crippen LogP contribution in [0.3, 0.4) is 0 Å². The van der Waals surface area contributed by atoms with E-state index in [2.05, 4.69) is 9.97 Å². The van der Waals surface area contributed by atoms with E-state index in [0.717, 1.165) is 6.07 Å². The Morgan fingerprint density at radius 2 is 2.00 bits per heavy atom. The van der Waals surface area contributed by atoms with Crippen molar-refractivity contribution in [2.75, 3.05) is 18.5 Å². The number of benzene rings is 1. The van der Waals surface area contributed by atoms with Crippen molar-refractivity contribution < 1.29 is 8.78 Å². The highest BCUT2D eigenvalue weighted by Crippen LogP contribution is 2.27.